The summed E-state index contributed by atoms with van der Waals surface area (Å²) in [5, 5.41) is 2.44. The Morgan fingerprint density at radius 1 is 0.600 bits per heavy atom. The lowest BCUT2D eigenvalue weighted by Gasteiger charge is -2.26. The van der Waals surface area contributed by atoms with Crippen LogP contribution >= 0.6 is 0 Å². The molecule has 0 aliphatic heterocycles. The molecule has 0 unspecified atom stereocenters. The highest BCUT2D eigenvalue weighted by Gasteiger charge is 2.26. The summed E-state index contributed by atoms with van der Waals surface area (Å²) in [5.74, 6) is 0.913. The molecule has 3 aromatic carbocycles. The van der Waals surface area contributed by atoms with E-state index in [9.17, 15) is 0 Å². The first kappa shape index (κ1) is 25.6. The minimum atomic E-state index is -0.252. The Morgan fingerprint density at radius 3 is 2.05 bits per heavy atom. The van der Waals surface area contributed by atoms with E-state index in [4.69, 9.17) is 9.97 Å². The number of anilines is 2. The van der Waals surface area contributed by atoms with Crippen molar-refractivity contribution in [2.45, 2.75) is 19.3 Å². The minimum absolute atomic E-state index is 0.252. The van der Waals surface area contributed by atoms with Gasteiger partial charge in [0.1, 0.15) is 5.82 Å². The molecular weight excluding hydrogens is 490 g/mol. The molecule has 0 aliphatic carbocycles. The molecule has 3 heterocycles. The molecule has 0 aliphatic rings. The molecule has 6 aromatic rings. The van der Waals surface area contributed by atoms with E-state index in [2.05, 4.69) is 135 Å². The average Bonchev–Trinajstić information content (AvgIpc) is 3.31. The van der Waals surface area contributed by atoms with Gasteiger partial charge in [0.2, 0.25) is 0 Å². The van der Waals surface area contributed by atoms with Gasteiger partial charge in [-0.3, -0.25) is 9.55 Å². The van der Waals surface area contributed by atoms with E-state index in [0.717, 1.165) is 33.9 Å². The Labute approximate surface area is 236 Å². The third kappa shape index (κ3) is 4.37. The molecule has 0 saturated heterocycles. The fourth-order valence-electron chi connectivity index (χ4n) is 5.48. The predicted octanol–water partition coefficient (Wildman–Crippen LogP) is 7.70. The van der Waals surface area contributed by atoms with E-state index in [1.165, 1.54) is 27.5 Å². The second-order valence-electron chi connectivity index (χ2n) is 11.4. The van der Waals surface area contributed by atoms with Crippen LogP contribution in [-0.2, 0) is 5.41 Å². The van der Waals surface area contributed by atoms with Crippen molar-refractivity contribution in [3.05, 3.63) is 115 Å². The van der Waals surface area contributed by atoms with Crippen LogP contribution in [0.25, 0.3) is 38.8 Å². The third-order valence-corrected chi connectivity index (χ3v) is 7.97. The monoisotopic (exact) mass is 525 g/mol. The van der Waals surface area contributed by atoms with Gasteiger partial charge in [0, 0.05) is 74.2 Å². The van der Waals surface area contributed by atoms with Crippen molar-refractivity contribution in [2.75, 3.05) is 38.0 Å². The van der Waals surface area contributed by atoms with Gasteiger partial charge in [0.15, 0.2) is 0 Å². The number of hydrogen-bond acceptors (Lipinski definition) is 4. The second kappa shape index (κ2) is 9.83. The van der Waals surface area contributed by atoms with Crippen LogP contribution in [0, 0.1) is 0 Å². The van der Waals surface area contributed by atoms with E-state index in [1.54, 1.807) is 0 Å². The largest absolute Gasteiger partial charge is 0.378 e. The quantitative estimate of drug-likeness (QED) is 0.223. The zero-order chi connectivity index (χ0) is 28.0. The van der Waals surface area contributed by atoms with Crippen LogP contribution in [0.3, 0.4) is 0 Å². The van der Waals surface area contributed by atoms with Gasteiger partial charge in [0.05, 0.1) is 16.7 Å². The van der Waals surface area contributed by atoms with Crippen molar-refractivity contribution in [1.29, 1.82) is 0 Å². The summed E-state index contributed by atoms with van der Waals surface area (Å²) in [6.45, 7) is 4.50. The maximum Gasteiger partial charge on any atom is 0.139 e. The summed E-state index contributed by atoms with van der Waals surface area (Å²) in [6.07, 6.45) is 3.79. The lowest BCUT2D eigenvalue weighted by atomic mass is 9.80. The predicted molar refractivity (Wildman–Crippen MR) is 169 cm³/mol. The molecule has 200 valence electrons. The summed E-state index contributed by atoms with van der Waals surface area (Å²) in [6, 6.07) is 32.7. The number of para-hydroxylation sites is 1. The summed E-state index contributed by atoms with van der Waals surface area (Å²) in [4.78, 5) is 13.8. The number of aromatic nitrogens is 3. The van der Waals surface area contributed by atoms with E-state index >= 15 is 0 Å². The van der Waals surface area contributed by atoms with Crippen molar-refractivity contribution >= 4 is 33.2 Å². The average molecular weight is 526 g/mol. The third-order valence-electron chi connectivity index (χ3n) is 7.97. The zero-order valence-corrected chi connectivity index (χ0v) is 24.1. The van der Waals surface area contributed by atoms with Crippen LogP contribution in [0.1, 0.15) is 25.1 Å². The number of benzene rings is 3. The van der Waals surface area contributed by atoms with Crippen LogP contribution < -0.4 is 9.80 Å². The van der Waals surface area contributed by atoms with E-state index < -0.39 is 0 Å². The molecule has 0 radical (unpaired) electrons. The summed E-state index contributed by atoms with van der Waals surface area (Å²) in [7, 11) is 8.25. The summed E-state index contributed by atoms with van der Waals surface area (Å²) in [5.41, 5.74) is 8.96. The standard InChI is InChI=1S/C35H35N5/c1-35(2,33-22-27(38(3)4)16-18-36-33)26-11-9-10-24(20-26)25-14-15-30-29-12-7-8-13-31(29)40(32(30)21-25)34-23-28(39(5)6)17-19-37-34/h7-23H,1-6H3. The maximum absolute atomic E-state index is 4.79. The van der Waals surface area contributed by atoms with Crippen LogP contribution in [0.2, 0.25) is 0 Å². The highest BCUT2D eigenvalue weighted by Crippen LogP contribution is 2.37. The molecule has 0 fully saturated rings. The molecule has 0 atom stereocenters. The van der Waals surface area contributed by atoms with Gasteiger partial charge in [-0.1, -0.05) is 68.4 Å². The first-order valence-corrected chi connectivity index (χ1v) is 13.7. The Balaban J connectivity index is 1.50. The molecule has 3 aromatic heterocycles. The van der Waals surface area contributed by atoms with Crippen LogP contribution in [0.15, 0.2) is 103 Å². The molecule has 0 amide bonds. The Hall–Kier alpha value is -4.64. The van der Waals surface area contributed by atoms with Crippen molar-refractivity contribution in [1.82, 2.24) is 14.5 Å². The number of nitrogens with zero attached hydrogens (tertiary/aromatic N) is 5. The Morgan fingerprint density at radius 2 is 1.27 bits per heavy atom. The molecule has 40 heavy (non-hydrogen) atoms. The Kier molecular flexibility index (Phi) is 6.30. The lowest BCUT2D eigenvalue weighted by Crippen LogP contribution is -2.21. The molecule has 0 spiro atoms. The van der Waals surface area contributed by atoms with Gasteiger partial charge in [-0.05, 0) is 47.0 Å². The van der Waals surface area contributed by atoms with E-state index in [1.807, 2.05) is 24.5 Å². The van der Waals surface area contributed by atoms with Gasteiger partial charge in [0.25, 0.3) is 0 Å². The summed E-state index contributed by atoms with van der Waals surface area (Å²) >= 11 is 0. The van der Waals surface area contributed by atoms with Crippen molar-refractivity contribution < 1.29 is 0 Å². The van der Waals surface area contributed by atoms with Crippen molar-refractivity contribution in [3.63, 3.8) is 0 Å². The van der Waals surface area contributed by atoms with E-state index in [-0.39, 0.29) is 5.41 Å². The van der Waals surface area contributed by atoms with E-state index in [0.29, 0.717) is 0 Å². The maximum atomic E-state index is 4.79. The van der Waals surface area contributed by atoms with Gasteiger partial charge in [-0.2, -0.15) is 0 Å². The van der Waals surface area contributed by atoms with Crippen molar-refractivity contribution in [3.8, 4) is 16.9 Å². The van der Waals surface area contributed by atoms with Crippen LogP contribution in [0.4, 0.5) is 11.4 Å². The number of rotatable bonds is 6. The number of pyridine rings is 2. The van der Waals surface area contributed by atoms with Crippen LogP contribution in [0.5, 0.6) is 0 Å². The normalized spacial score (nSPS) is 11.8. The van der Waals surface area contributed by atoms with Gasteiger partial charge in [-0.25, -0.2) is 4.98 Å². The smallest absolute Gasteiger partial charge is 0.139 e. The van der Waals surface area contributed by atoms with Crippen molar-refractivity contribution in [2.24, 2.45) is 0 Å². The number of hydrogen-bond donors (Lipinski definition) is 0. The molecule has 0 N–H and O–H groups in total. The molecule has 5 nitrogen and oxygen atoms in total. The zero-order valence-electron chi connectivity index (χ0n) is 24.1. The summed E-state index contributed by atoms with van der Waals surface area (Å²) < 4.78 is 2.28. The van der Waals surface area contributed by atoms with Crippen LogP contribution in [-0.4, -0.2) is 42.7 Å². The SMILES string of the molecule is CN(C)c1ccnc(-n2c3ccccc3c3ccc(-c4cccc(C(C)(C)c5cc(N(C)C)ccn5)c4)cc32)c1. The molecule has 5 heteroatoms. The Bertz CT molecular complexity index is 1840. The highest BCUT2D eigenvalue weighted by atomic mass is 15.1. The van der Waals surface area contributed by atoms with Gasteiger partial charge < -0.3 is 9.80 Å². The number of fused-ring (bicyclic) bond motifs is 3. The first-order chi connectivity index (χ1) is 19.2. The fraction of sp³-hybridized carbons (Fsp3) is 0.200. The highest BCUT2D eigenvalue weighted by molar-refractivity contribution is 6.10. The first-order valence-electron chi connectivity index (χ1n) is 13.7. The minimum Gasteiger partial charge on any atom is -0.378 e. The fourth-order valence-corrected chi connectivity index (χ4v) is 5.48. The molecular formula is C35H35N5. The topological polar surface area (TPSA) is 37.2 Å². The lowest BCUT2D eigenvalue weighted by molar-refractivity contribution is 0.617. The molecule has 0 saturated carbocycles. The molecule has 6 rings (SSSR count). The van der Waals surface area contributed by atoms with Gasteiger partial charge >= 0.3 is 0 Å². The second-order valence-corrected chi connectivity index (χ2v) is 11.4. The molecule has 0 bridgehead atoms. The van der Waals surface area contributed by atoms with Gasteiger partial charge in [-0.15, -0.1) is 0 Å².